The highest BCUT2D eigenvalue weighted by Crippen LogP contribution is 2.26. The summed E-state index contributed by atoms with van der Waals surface area (Å²) in [4.78, 5) is 27.7. The van der Waals surface area contributed by atoms with Crippen molar-refractivity contribution in [2.45, 2.75) is 52.4 Å². The topological polar surface area (TPSA) is 77.7 Å². The molecule has 1 saturated heterocycles. The predicted molar refractivity (Wildman–Crippen MR) is 131 cm³/mol. The van der Waals surface area contributed by atoms with Gasteiger partial charge in [-0.2, -0.15) is 4.68 Å². The van der Waals surface area contributed by atoms with E-state index in [1.807, 2.05) is 18.2 Å². The molecule has 1 fully saturated rings. The smallest absolute Gasteiger partial charge is 0.434 e. The lowest BCUT2D eigenvalue weighted by molar-refractivity contribution is -0.00522. The number of carbonyl (C=O) groups is 1. The number of ether oxygens (including phenoxy) is 2. The summed E-state index contributed by atoms with van der Waals surface area (Å²) in [5, 5.41) is 3.83. The maximum atomic E-state index is 12.8. The van der Waals surface area contributed by atoms with Gasteiger partial charge in [0.05, 0.1) is 23.1 Å². The van der Waals surface area contributed by atoms with E-state index in [0.29, 0.717) is 10.9 Å². The van der Waals surface area contributed by atoms with Crippen LogP contribution in [0, 0.1) is 0 Å². The van der Waals surface area contributed by atoms with Crippen molar-refractivity contribution in [3.63, 3.8) is 0 Å². The molecule has 33 heavy (non-hydrogen) atoms. The fourth-order valence-corrected chi connectivity index (χ4v) is 4.23. The van der Waals surface area contributed by atoms with Crippen LogP contribution in [0.4, 0.5) is 21.9 Å². The number of rotatable bonds is 3. The Hall–Kier alpha value is -3.26. The van der Waals surface area contributed by atoms with Gasteiger partial charge in [-0.05, 0) is 77.1 Å². The third kappa shape index (κ3) is 4.90. The number of fused-ring (bicyclic) bond motifs is 1. The monoisotopic (exact) mass is 452 g/mol. The Kier molecular flexibility index (Phi) is 5.97. The van der Waals surface area contributed by atoms with Crippen molar-refractivity contribution in [1.29, 1.82) is 0 Å². The summed E-state index contributed by atoms with van der Waals surface area (Å²) in [5.74, 6) is 0. The Morgan fingerprint density at radius 2 is 1.64 bits per heavy atom. The summed E-state index contributed by atoms with van der Waals surface area (Å²) < 4.78 is 13.9. The number of hydrogen-bond acceptors (Lipinski definition) is 6. The first-order chi connectivity index (χ1) is 15.5. The fraction of sp³-hybridized carbons (Fsp3) is 0.440. The maximum absolute atomic E-state index is 12.8. The first-order valence-corrected chi connectivity index (χ1v) is 11.2. The minimum Gasteiger partial charge on any atom is -0.442 e. The van der Waals surface area contributed by atoms with Gasteiger partial charge in [-0.3, -0.25) is 4.79 Å². The first-order valence-electron chi connectivity index (χ1n) is 11.2. The van der Waals surface area contributed by atoms with E-state index in [4.69, 9.17) is 9.47 Å². The average molecular weight is 453 g/mol. The van der Waals surface area contributed by atoms with E-state index in [2.05, 4.69) is 36.2 Å². The van der Waals surface area contributed by atoms with Gasteiger partial charge in [-0.1, -0.05) is 0 Å². The Morgan fingerprint density at radius 1 is 1.03 bits per heavy atom. The van der Waals surface area contributed by atoms with Crippen molar-refractivity contribution in [3.8, 4) is 0 Å². The summed E-state index contributed by atoms with van der Waals surface area (Å²) in [6, 6.07) is 13.6. The minimum atomic E-state index is -0.669. The van der Waals surface area contributed by atoms with Gasteiger partial charge in [0.25, 0.3) is 5.56 Å². The van der Waals surface area contributed by atoms with Crippen molar-refractivity contribution in [2.75, 3.05) is 23.3 Å². The number of anilines is 3. The van der Waals surface area contributed by atoms with E-state index in [1.54, 1.807) is 40.0 Å². The van der Waals surface area contributed by atoms with Crippen molar-refractivity contribution in [3.05, 3.63) is 52.8 Å². The summed E-state index contributed by atoms with van der Waals surface area (Å²) in [5.41, 5.74) is 2.41. The lowest BCUT2D eigenvalue weighted by atomic mass is 10.2. The lowest BCUT2D eigenvalue weighted by Gasteiger charge is -2.36. The molecule has 3 aromatic rings. The summed E-state index contributed by atoms with van der Waals surface area (Å²) in [6.07, 6.45) is -0.189. The van der Waals surface area contributed by atoms with Gasteiger partial charge in [-0.25, -0.2) is 9.48 Å². The van der Waals surface area contributed by atoms with Gasteiger partial charge in [0.2, 0.25) is 0 Å². The summed E-state index contributed by atoms with van der Waals surface area (Å²) in [7, 11) is 1.56. The molecule has 0 saturated carbocycles. The number of nitrogens with zero attached hydrogens (tertiary/aromatic N) is 3. The Labute approximate surface area is 193 Å². The quantitative estimate of drug-likeness (QED) is 0.631. The van der Waals surface area contributed by atoms with Crippen LogP contribution in [0.15, 0.2) is 47.3 Å². The molecular weight excluding hydrogens is 420 g/mol. The van der Waals surface area contributed by atoms with Crippen LogP contribution in [-0.2, 0) is 16.5 Å². The number of morpholine rings is 1. The fourth-order valence-electron chi connectivity index (χ4n) is 4.23. The van der Waals surface area contributed by atoms with Crippen LogP contribution >= 0.6 is 0 Å². The zero-order valence-corrected chi connectivity index (χ0v) is 20.1. The third-order valence-corrected chi connectivity index (χ3v) is 5.56. The Balaban J connectivity index is 1.59. The predicted octanol–water partition coefficient (Wildman–Crippen LogP) is 4.48. The molecule has 2 heterocycles. The van der Waals surface area contributed by atoms with Crippen LogP contribution in [0.5, 0.6) is 0 Å². The van der Waals surface area contributed by atoms with Crippen molar-refractivity contribution < 1.29 is 14.3 Å². The molecule has 2 atom stereocenters. The Morgan fingerprint density at radius 3 is 2.24 bits per heavy atom. The molecule has 176 valence electrons. The number of hydrogen-bond donors (Lipinski definition) is 1. The zero-order chi connectivity index (χ0) is 23.9. The molecule has 1 aliphatic heterocycles. The van der Waals surface area contributed by atoms with Crippen LogP contribution in [0.1, 0.15) is 34.6 Å². The number of benzene rings is 2. The van der Waals surface area contributed by atoms with Crippen LogP contribution in [-0.4, -0.2) is 46.4 Å². The molecule has 0 bridgehead atoms. The van der Waals surface area contributed by atoms with Gasteiger partial charge in [0.15, 0.2) is 0 Å². The Bertz CT molecular complexity index is 1210. The van der Waals surface area contributed by atoms with Crippen LogP contribution in [0.2, 0.25) is 0 Å². The number of nitrogens with one attached hydrogen (secondary N) is 1. The molecule has 1 N–H and O–H groups in total. The molecule has 1 aliphatic rings. The van der Waals surface area contributed by atoms with Gasteiger partial charge in [-0.15, -0.1) is 0 Å². The highest BCUT2D eigenvalue weighted by Gasteiger charge is 2.24. The highest BCUT2D eigenvalue weighted by molar-refractivity contribution is 5.90. The van der Waals surface area contributed by atoms with E-state index in [0.717, 1.165) is 30.2 Å². The van der Waals surface area contributed by atoms with Crippen LogP contribution < -0.4 is 15.8 Å². The second-order valence-electron chi connectivity index (χ2n) is 9.69. The average Bonchev–Trinajstić information content (AvgIpc) is 2.96. The second kappa shape index (κ2) is 8.59. The second-order valence-corrected chi connectivity index (χ2v) is 9.69. The normalized spacial score (nSPS) is 19.0. The molecule has 2 unspecified atom stereocenters. The van der Waals surface area contributed by atoms with E-state index in [1.165, 1.54) is 9.36 Å². The molecule has 1 aromatic heterocycles. The molecule has 0 spiro atoms. The van der Waals surface area contributed by atoms with Gasteiger partial charge < -0.3 is 19.7 Å². The molecule has 0 aliphatic carbocycles. The van der Waals surface area contributed by atoms with Crippen LogP contribution in [0.25, 0.3) is 10.9 Å². The molecule has 2 aromatic carbocycles. The van der Waals surface area contributed by atoms with E-state index < -0.39 is 11.7 Å². The van der Waals surface area contributed by atoms with E-state index >= 15 is 0 Å². The van der Waals surface area contributed by atoms with E-state index in [9.17, 15) is 9.59 Å². The van der Waals surface area contributed by atoms with Gasteiger partial charge in [0, 0.05) is 37.2 Å². The van der Waals surface area contributed by atoms with E-state index in [-0.39, 0.29) is 17.8 Å². The van der Waals surface area contributed by atoms with Crippen molar-refractivity contribution in [1.82, 2.24) is 9.36 Å². The molecule has 0 radical (unpaired) electrons. The number of carbonyl (C=O) groups excluding carboxylic acids is 1. The van der Waals surface area contributed by atoms with Gasteiger partial charge >= 0.3 is 6.09 Å². The molecule has 4 rings (SSSR count). The first kappa shape index (κ1) is 22.9. The SMILES string of the molecule is CC1CN(c2ccc(Nc3ccc4c(=O)n(C)n(C(=O)OC(C)(C)C)c4c3)cc2)CC(C)O1. The van der Waals surface area contributed by atoms with Crippen molar-refractivity contribution >= 4 is 34.1 Å². The molecule has 8 heteroatoms. The van der Waals surface area contributed by atoms with Crippen LogP contribution in [0.3, 0.4) is 0 Å². The lowest BCUT2D eigenvalue weighted by Crippen LogP contribution is -2.45. The summed E-state index contributed by atoms with van der Waals surface area (Å²) >= 11 is 0. The maximum Gasteiger partial charge on any atom is 0.434 e. The number of aromatic nitrogens is 2. The summed E-state index contributed by atoms with van der Waals surface area (Å²) in [6.45, 7) is 11.3. The standard InChI is InChI=1S/C25H32N4O4/c1-16-14-28(15-17(2)32-16)20-10-7-18(8-11-20)26-19-9-12-21-22(13-19)29(27(6)23(21)30)24(31)33-25(3,4)5/h7-13,16-17,26H,14-15H2,1-6H3. The minimum absolute atomic E-state index is 0.201. The molecule has 8 nitrogen and oxygen atoms in total. The molecular formula is C25H32N4O4. The molecule has 0 amide bonds. The third-order valence-electron chi connectivity index (χ3n) is 5.56. The van der Waals surface area contributed by atoms with Gasteiger partial charge in [0.1, 0.15) is 5.60 Å². The van der Waals surface area contributed by atoms with Crippen molar-refractivity contribution in [2.24, 2.45) is 7.05 Å². The highest BCUT2D eigenvalue weighted by atomic mass is 16.6. The largest absolute Gasteiger partial charge is 0.442 e. The zero-order valence-electron chi connectivity index (χ0n) is 20.1.